The Morgan fingerprint density at radius 1 is 1.10 bits per heavy atom. The van der Waals surface area contributed by atoms with E-state index in [1.807, 2.05) is 37.3 Å². The first kappa shape index (κ1) is 15.2. The van der Waals surface area contributed by atoms with E-state index in [4.69, 9.17) is 0 Å². The lowest BCUT2D eigenvalue weighted by molar-refractivity contribution is -0.120. The van der Waals surface area contributed by atoms with E-state index in [1.54, 1.807) is 12.1 Å². The minimum Gasteiger partial charge on any atom is -0.348 e. The molecule has 0 radical (unpaired) electrons. The Balaban J connectivity index is 1.73. The predicted octanol–water partition coefficient (Wildman–Crippen LogP) is 2.79. The van der Waals surface area contributed by atoms with Crippen molar-refractivity contribution < 1.29 is 9.18 Å². The average Bonchev–Trinajstić information content (AvgIpc) is 2.50. The molecule has 4 heteroatoms. The molecular weight excluding hydrogens is 267 g/mol. The summed E-state index contributed by atoms with van der Waals surface area (Å²) >= 11 is 0. The van der Waals surface area contributed by atoms with Crippen LogP contribution in [0.2, 0.25) is 0 Å². The van der Waals surface area contributed by atoms with Gasteiger partial charge < -0.3 is 10.6 Å². The molecule has 2 aromatic rings. The topological polar surface area (TPSA) is 41.1 Å². The number of hydrogen-bond acceptors (Lipinski definition) is 2. The molecule has 0 aliphatic heterocycles. The van der Waals surface area contributed by atoms with Crippen molar-refractivity contribution in [3.63, 3.8) is 0 Å². The SMILES string of the molecule is CC(NC(=O)CNCc1ccc(F)cc1)c1ccccc1. The zero-order chi connectivity index (χ0) is 15.1. The fraction of sp³-hybridized carbons (Fsp3) is 0.235. The van der Waals surface area contributed by atoms with Crippen molar-refractivity contribution in [1.29, 1.82) is 0 Å². The van der Waals surface area contributed by atoms with E-state index in [0.29, 0.717) is 6.54 Å². The number of carbonyl (C=O) groups excluding carboxylic acids is 1. The van der Waals surface area contributed by atoms with Gasteiger partial charge in [0.15, 0.2) is 0 Å². The summed E-state index contributed by atoms with van der Waals surface area (Å²) in [6.07, 6.45) is 0. The molecule has 1 unspecified atom stereocenters. The van der Waals surface area contributed by atoms with Crippen LogP contribution < -0.4 is 10.6 Å². The molecule has 2 rings (SSSR count). The van der Waals surface area contributed by atoms with Crippen LogP contribution in [0.5, 0.6) is 0 Å². The molecule has 0 saturated heterocycles. The summed E-state index contributed by atoms with van der Waals surface area (Å²) < 4.78 is 12.8. The van der Waals surface area contributed by atoms with Gasteiger partial charge in [-0.25, -0.2) is 4.39 Å². The molecule has 21 heavy (non-hydrogen) atoms. The fourth-order valence-corrected chi connectivity index (χ4v) is 2.04. The van der Waals surface area contributed by atoms with Crippen molar-refractivity contribution in [2.75, 3.05) is 6.54 Å². The van der Waals surface area contributed by atoms with E-state index in [0.717, 1.165) is 11.1 Å². The van der Waals surface area contributed by atoms with Gasteiger partial charge in [0.25, 0.3) is 0 Å². The first-order valence-electron chi connectivity index (χ1n) is 6.94. The molecule has 0 heterocycles. The summed E-state index contributed by atoms with van der Waals surface area (Å²) in [6, 6.07) is 16.0. The molecule has 0 aliphatic rings. The van der Waals surface area contributed by atoms with Crippen LogP contribution in [-0.4, -0.2) is 12.5 Å². The molecule has 0 saturated carbocycles. The van der Waals surface area contributed by atoms with Crippen LogP contribution in [0.4, 0.5) is 4.39 Å². The van der Waals surface area contributed by atoms with Crippen LogP contribution >= 0.6 is 0 Å². The third-order valence-electron chi connectivity index (χ3n) is 3.21. The second-order valence-electron chi connectivity index (χ2n) is 4.93. The number of hydrogen-bond donors (Lipinski definition) is 2. The van der Waals surface area contributed by atoms with Crippen LogP contribution in [0.15, 0.2) is 54.6 Å². The maximum Gasteiger partial charge on any atom is 0.234 e. The smallest absolute Gasteiger partial charge is 0.234 e. The summed E-state index contributed by atoms with van der Waals surface area (Å²) in [6.45, 7) is 2.72. The summed E-state index contributed by atoms with van der Waals surface area (Å²) in [5, 5.41) is 5.97. The molecule has 0 aromatic heterocycles. The van der Waals surface area contributed by atoms with Gasteiger partial charge in [0.1, 0.15) is 5.82 Å². The largest absolute Gasteiger partial charge is 0.348 e. The van der Waals surface area contributed by atoms with Gasteiger partial charge in [-0.2, -0.15) is 0 Å². The van der Waals surface area contributed by atoms with Crippen molar-refractivity contribution in [3.05, 3.63) is 71.5 Å². The number of carbonyl (C=O) groups is 1. The van der Waals surface area contributed by atoms with Crippen molar-refractivity contribution in [2.24, 2.45) is 0 Å². The molecule has 3 nitrogen and oxygen atoms in total. The van der Waals surface area contributed by atoms with Crippen LogP contribution in [0, 0.1) is 5.82 Å². The number of nitrogens with one attached hydrogen (secondary N) is 2. The normalized spacial score (nSPS) is 11.9. The van der Waals surface area contributed by atoms with Gasteiger partial charge in [0.2, 0.25) is 5.91 Å². The highest BCUT2D eigenvalue weighted by molar-refractivity contribution is 5.78. The first-order valence-corrected chi connectivity index (χ1v) is 6.94. The lowest BCUT2D eigenvalue weighted by atomic mass is 10.1. The van der Waals surface area contributed by atoms with Crippen LogP contribution in [-0.2, 0) is 11.3 Å². The van der Waals surface area contributed by atoms with Crippen LogP contribution in [0.3, 0.4) is 0 Å². The number of rotatable bonds is 6. The van der Waals surface area contributed by atoms with E-state index < -0.39 is 0 Å². The third kappa shape index (κ3) is 5.00. The maximum atomic E-state index is 12.8. The highest BCUT2D eigenvalue weighted by Crippen LogP contribution is 2.10. The molecule has 2 N–H and O–H groups in total. The van der Waals surface area contributed by atoms with E-state index in [1.165, 1.54) is 12.1 Å². The van der Waals surface area contributed by atoms with Crippen molar-refractivity contribution in [3.8, 4) is 0 Å². The van der Waals surface area contributed by atoms with Gasteiger partial charge in [0.05, 0.1) is 12.6 Å². The second kappa shape index (κ2) is 7.55. The van der Waals surface area contributed by atoms with E-state index in [2.05, 4.69) is 10.6 Å². The molecule has 2 aromatic carbocycles. The second-order valence-corrected chi connectivity index (χ2v) is 4.93. The van der Waals surface area contributed by atoms with Crippen LogP contribution in [0.25, 0.3) is 0 Å². The highest BCUT2D eigenvalue weighted by atomic mass is 19.1. The standard InChI is InChI=1S/C17H19FN2O/c1-13(15-5-3-2-4-6-15)20-17(21)12-19-11-14-7-9-16(18)10-8-14/h2-10,13,19H,11-12H2,1H3,(H,20,21). The predicted molar refractivity (Wildman–Crippen MR) is 81.1 cm³/mol. The van der Waals surface area contributed by atoms with Crippen molar-refractivity contribution in [2.45, 2.75) is 19.5 Å². The fourth-order valence-electron chi connectivity index (χ4n) is 2.04. The summed E-state index contributed by atoms with van der Waals surface area (Å²) in [7, 11) is 0. The molecule has 1 atom stereocenters. The van der Waals surface area contributed by atoms with Gasteiger partial charge >= 0.3 is 0 Å². The molecule has 0 bridgehead atoms. The number of amides is 1. The Hall–Kier alpha value is -2.20. The van der Waals surface area contributed by atoms with Crippen molar-refractivity contribution >= 4 is 5.91 Å². The van der Waals surface area contributed by atoms with E-state index in [-0.39, 0.29) is 24.3 Å². The molecule has 110 valence electrons. The Kier molecular flexibility index (Phi) is 5.46. The number of benzene rings is 2. The lowest BCUT2D eigenvalue weighted by Crippen LogP contribution is -2.35. The monoisotopic (exact) mass is 286 g/mol. The maximum absolute atomic E-state index is 12.8. The minimum absolute atomic E-state index is 0.0219. The van der Waals surface area contributed by atoms with Gasteiger partial charge in [-0.05, 0) is 30.2 Å². The van der Waals surface area contributed by atoms with E-state index >= 15 is 0 Å². The van der Waals surface area contributed by atoms with Crippen molar-refractivity contribution in [1.82, 2.24) is 10.6 Å². The minimum atomic E-state index is -0.256. The van der Waals surface area contributed by atoms with Gasteiger partial charge in [-0.3, -0.25) is 4.79 Å². The third-order valence-corrected chi connectivity index (χ3v) is 3.21. The Bertz CT molecular complexity index is 569. The molecule has 1 amide bonds. The molecule has 0 aliphatic carbocycles. The molecule has 0 fully saturated rings. The first-order chi connectivity index (χ1) is 10.1. The quantitative estimate of drug-likeness (QED) is 0.857. The molecular formula is C17H19FN2O. The zero-order valence-electron chi connectivity index (χ0n) is 12.0. The summed E-state index contributed by atoms with van der Waals surface area (Å²) in [4.78, 5) is 11.8. The average molecular weight is 286 g/mol. The Morgan fingerprint density at radius 2 is 1.76 bits per heavy atom. The Labute approximate surface area is 124 Å². The van der Waals surface area contributed by atoms with Gasteiger partial charge in [-0.1, -0.05) is 42.5 Å². The Morgan fingerprint density at radius 3 is 2.43 bits per heavy atom. The van der Waals surface area contributed by atoms with Crippen LogP contribution in [0.1, 0.15) is 24.1 Å². The molecule has 0 spiro atoms. The van der Waals surface area contributed by atoms with Gasteiger partial charge in [-0.15, -0.1) is 0 Å². The summed E-state index contributed by atoms with van der Waals surface area (Å²) in [5.41, 5.74) is 2.02. The number of halogens is 1. The van der Waals surface area contributed by atoms with Gasteiger partial charge in [0, 0.05) is 6.54 Å². The highest BCUT2D eigenvalue weighted by Gasteiger charge is 2.08. The lowest BCUT2D eigenvalue weighted by Gasteiger charge is -2.14. The zero-order valence-corrected chi connectivity index (χ0v) is 12.0. The summed E-state index contributed by atoms with van der Waals surface area (Å²) in [5.74, 6) is -0.318. The van der Waals surface area contributed by atoms with E-state index in [9.17, 15) is 9.18 Å².